The van der Waals surface area contributed by atoms with E-state index in [1.807, 2.05) is 0 Å². The molecule has 1 heterocycles. The van der Waals surface area contributed by atoms with Gasteiger partial charge in [-0.3, -0.25) is 4.72 Å². The Morgan fingerprint density at radius 2 is 1.84 bits per heavy atom. The third-order valence-corrected chi connectivity index (χ3v) is 5.07. The van der Waals surface area contributed by atoms with Crippen molar-refractivity contribution in [3.63, 3.8) is 0 Å². The summed E-state index contributed by atoms with van der Waals surface area (Å²) in [5, 5.41) is 11.2. The van der Waals surface area contributed by atoms with Gasteiger partial charge in [-0.2, -0.15) is 0 Å². The number of sulfonamides is 1. The van der Waals surface area contributed by atoms with E-state index in [0.29, 0.717) is 11.6 Å². The normalized spacial score (nSPS) is 11.2. The molecule has 1 aromatic carbocycles. The first-order valence-electron chi connectivity index (χ1n) is 7.90. The summed E-state index contributed by atoms with van der Waals surface area (Å²) in [5.74, 6) is 1.14. The van der Waals surface area contributed by atoms with Crippen molar-refractivity contribution in [2.45, 2.75) is 31.1 Å². The molecule has 0 aliphatic carbocycles. The summed E-state index contributed by atoms with van der Waals surface area (Å²) in [6, 6.07) is 7.45. The highest BCUT2D eigenvalue weighted by Crippen LogP contribution is 2.27. The summed E-state index contributed by atoms with van der Waals surface area (Å²) >= 11 is 5.98. The predicted molar refractivity (Wildman–Crippen MR) is 98.9 cm³/mol. The van der Waals surface area contributed by atoms with E-state index in [0.717, 1.165) is 25.8 Å². The number of hydrogen-bond donors (Lipinski definition) is 2. The second kappa shape index (κ2) is 8.87. The summed E-state index contributed by atoms with van der Waals surface area (Å²) in [7, 11) is -2.35. The number of halogens is 1. The number of aromatic nitrogens is 2. The minimum absolute atomic E-state index is 0.0156. The molecule has 0 radical (unpaired) electrons. The lowest BCUT2D eigenvalue weighted by molar-refractivity contribution is 0.414. The van der Waals surface area contributed by atoms with Crippen LogP contribution in [0, 0.1) is 0 Å². The number of nitrogens with zero attached hydrogens (tertiary/aromatic N) is 2. The number of ether oxygens (including phenoxy) is 1. The Labute approximate surface area is 152 Å². The van der Waals surface area contributed by atoms with Crippen molar-refractivity contribution in [3.05, 3.63) is 35.4 Å². The molecule has 0 aliphatic heterocycles. The van der Waals surface area contributed by atoms with E-state index in [-0.39, 0.29) is 15.7 Å². The zero-order chi connectivity index (χ0) is 18.3. The van der Waals surface area contributed by atoms with Gasteiger partial charge in [0, 0.05) is 6.54 Å². The molecule has 1 aromatic heterocycles. The van der Waals surface area contributed by atoms with Crippen LogP contribution < -0.4 is 14.8 Å². The number of hydrogen-bond acceptors (Lipinski definition) is 6. The van der Waals surface area contributed by atoms with Crippen LogP contribution in [0.2, 0.25) is 5.02 Å². The molecule has 0 bridgehead atoms. The molecule has 2 N–H and O–H groups in total. The van der Waals surface area contributed by atoms with Crippen LogP contribution in [0.15, 0.2) is 35.2 Å². The van der Waals surface area contributed by atoms with Crippen molar-refractivity contribution in [2.75, 3.05) is 23.7 Å². The van der Waals surface area contributed by atoms with Gasteiger partial charge in [-0.1, -0.05) is 31.4 Å². The van der Waals surface area contributed by atoms with Crippen LogP contribution in [-0.4, -0.2) is 32.3 Å². The summed E-state index contributed by atoms with van der Waals surface area (Å²) in [6.45, 7) is 2.94. The lowest BCUT2D eigenvalue weighted by Crippen LogP contribution is -2.14. The highest BCUT2D eigenvalue weighted by atomic mass is 35.5. The van der Waals surface area contributed by atoms with Crippen LogP contribution in [-0.2, 0) is 10.0 Å². The Kier molecular flexibility index (Phi) is 6.83. The zero-order valence-electron chi connectivity index (χ0n) is 14.1. The molecule has 0 saturated heterocycles. The Morgan fingerprint density at radius 1 is 1.12 bits per heavy atom. The second-order valence-corrected chi connectivity index (χ2v) is 7.43. The molecule has 136 valence electrons. The van der Waals surface area contributed by atoms with E-state index < -0.39 is 10.0 Å². The average Bonchev–Trinajstić information content (AvgIpc) is 2.60. The van der Waals surface area contributed by atoms with Crippen LogP contribution in [0.4, 0.5) is 11.6 Å². The summed E-state index contributed by atoms with van der Waals surface area (Å²) < 4.78 is 32.2. The number of anilines is 2. The minimum atomic E-state index is -3.81. The van der Waals surface area contributed by atoms with E-state index in [1.54, 1.807) is 12.1 Å². The Balaban J connectivity index is 2.04. The molecule has 9 heteroatoms. The molecule has 2 aromatic rings. The summed E-state index contributed by atoms with van der Waals surface area (Å²) in [4.78, 5) is 0.0156. The van der Waals surface area contributed by atoms with Crippen LogP contribution in [0.25, 0.3) is 0 Å². The molecular formula is C16H21ClN4O3S. The monoisotopic (exact) mass is 384 g/mol. The van der Waals surface area contributed by atoms with E-state index in [9.17, 15) is 8.42 Å². The highest BCUT2D eigenvalue weighted by molar-refractivity contribution is 7.92. The van der Waals surface area contributed by atoms with Crippen molar-refractivity contribution in [1.82, 2.24) is 10.2 Å². The lowest BCUT2D eigenvalue weighted by atomic mass is 10.2. The maximum absolute atomic E-state index is 12.4. The topological polar surface area (TPSA) is 93.2 Å². The van der Waals surface area contributed by atoms with Crippen LogP contribution in [0.5, 0.6) is 5.75 Å². The SMILES string of the molecule is CCCCCNc1ccc(NS(=O)(=O)c2ccc(OC)c(Cl)c2)nn1. The van der Waals surface area contributed by atoms with Gasteiger partial charge in [0.25, 0.3) is 10.0 Å². The summed E-state index contributed by atoms with van der Waals surface area (Å²) in [6.07, 6.45) is 3.33. The van der Waals surface area contributed by atoms with Crippen molar-refractivity contribution in [1.29, 1.82) is 0 Å². The smallest absolute Gasteiger partial charge is 0.263 e. The van der Waals surface area contributed by atoms with Crippen molar-refractivity contribution >= 4 is 33.3 Å². The quantitative estimate of drug-likeness (QED) is 0.642. The van der Waals surface area contributed by atoms with Gasteiger partial charge < -0.3 is 10.1 Å². The Morgan fingerprint density at radius 3 is 2.44 bits per heavy atom. The van der Waals surface area contributed by atoms with E-state index in [4.69, 9.17) is 16.3 Å². The molecule has 25 heavy (non-hydrogen) atoms. The van der Waals surface area contributed by atoms with Crippen molar-refractivity contribution in [3.8, 4) is 5.75 Å². The first-order chi connectivity index (χ1) is 12.0. The Hall–Kier alpha value is -2.06. The van der Waals surface area contributed by atoms with Crippen molar-refractivity contribution < 1.29 is 13.2 Å². The molecule has 0 aliphatic rings. The molecule has 2 rings (SSSR count). The van der Waals surface area contributed by atoms with Gasteiger partial charge >= 0.3 is 0 Å². The largest absolute Gasteiger partial charge is 0.495 e. The van der Waals surface area contributed by atoms with Crippen LogP contribution in [0.3, 0.4) is 0 Å². The molecule has 0 spiro atoms. The molecule has 0 fully saturated rings. The molecule has 0 amide bonds. The number of unbranched alkanes of at least 4 members (excludes halogenated alkanes) is 2. The molecular weight excluding hydrogens is 364 g/mol. The maximum Gasteiger partial charge on any atom is 0.263 e. The fraction of sp³-hybridized carbons (Fsp3) is 0.375. The van der Waals surface area contributed by atoms with E-state index in [2.05, 4.69) is 27.2 Å². The predicted octanol–water partition coefficient (Wildman–Crippen LogP) is 3.54. The number of methoxy groups -OCH3 is 1. The van der Waals surface area contributed by atoms with Gasteiger partial charge in [0.15, 0.2) is 5.82 Å². The van der Waals surface area contributed by atoms with Crippen LogP contribution >= 0.6 is 11.6 Å². The first kappa shape index (κ1) is 19.3. The van der Waals surface area contributed by atoms with Gasteiger partial charge in [-0.05, 0) is 36.8 Å². The van der Waals surface area contributed by atoms with Gasteiger partial charge in [-0.15, -0.1) is 10.2 Å². The van der Waals surface area contributed by atoms with Gasteiger partial charge in [0.1, 0.15) is 11.6 Å². The third-order valence-electron chi connectivity index (χ3n) is 3.42. The number of rotatable bonds is 9. The minimum Gasteiger partial charge on any atom is -0.495 e. The van der Waals surface area contributed by atoms with Gasteiger partial charge in [0.05, 0.1) is 17.0 Å². The standard InChI is InChI=1S/C16H21ClN4O3S/c1-3-4-5-10-18-15-8-9-16(20-19-15)21-25(22,23)12-6-7-14(24-2)13(17)11-12/h6-9,11H,3-5,10H2,1-2H3,(H,18,19)(H,20,21). The molecule has 0 atom stereocenters. The van der Waals surface area contributed by atoms with Gasteiger partial charge in [-0.25, -0.2) is 8.42 Å². The first-order valence-corrected chi connectivity index (χ1v) is 9.76. The number of benzene rings is 1. The maximum atomic E-state index is 12.4. The van der Waals surface area contributed by atoms with E-state index >= 15 is 0 Å². The van der Waals surface area contributed by atoms with E-state index in [1.165, 1.54) is 25.3 Å². The third kappa shape index (κ3) is 5.47. The number of nitrogens with one attached hydrogen (secondary N) is 2. The fourth-order valence-corrected chi connectivity index (χ4v) is 3.43. The Bertz CT molecular complexity index is 798. The van der Waals surface area contributed by atoms with Crippen molar-refractivity contribution in [2.24, 2.45) is 0 Å². The van der Waals surface area contributed by atoms with Crippen LogP contribution in [0.1, 0.15) is 26.2 Å². The molecule has 7 nitrogen and oxygen atoms in total. The lowest BCUT2D eigenvalue weighted by Gasteiger charge is -2.09. The van der Waals surface area contributed by atoms with Gasteiger partial charge in [0.2, 0.25) is 0 Å². The summed E-state index contributed by atoms with van der Waals surface area (Å²) in [5.41, 5.74) is 0. The molecule has 0 unspecified atom stereocenters. The zero-order valence-corrected chi connectivity index (χ0v) is 15.7. The molecule has 0 saturated carbocycles. The highest BCUT2D eigenvalue weighted by Gasteiger charge is 2.17. The second-order valence-electron chi connectivity index (χ2n) is 5.34. The fourth-order valence-electron chi connectivity index (χ4n) is 2.08. The average molecular weight is 385 g/mol.